The summed E-state index contributed by atoms with van der Waals surface area (Å²) in [6, 6.07) is 10.3. The molecule has 0 bridgehead atoms. The van der Waals surface area contributed by atoms with Crippen molar-refractivity contribution in [1.82, 2.24) is 0 Å². The van der Waals surface area contributed by atoms with Gasteiger partial charge < -0.3 is 14.8 Å². The monoisotopic (exact) mass is 434 g/mol. The second-order valence-electron chi connectivity index (χ2n) is 6.67. The van der Waals surface area contributed by atoms with E-state index in [1.54, 1.807) is 43.3 Å². The quantitative estimate of drug-likeness (QED) is 0.641. The fraction of sp³-hybridized carbons (Fsp3) is 0.333. The number of hydrogen-bond acceptors (Lipinski definition) is 6. The fourth-order valence-corrected chi connectivity index (χ4v) is 4.14. The lowest BCUT2D eigenvalue weighted by Crippen LogP contribution is -2.45. The molecule has 2 aromatic carbocycles. The largest absolute Gasteiger partial charge is 0.495 e. The maximum atomic E-state index is 13.0. The molecule has 2 aromatic rings. The molecule has 1 atom stereocenters. The molecule has 0 aliphatic rings. The molecule has 162 valence electrons. The van der Waals surface area contributed by atoms with Gasteiger partial charge in [0.2, 0.25) is 15.9 Å². The van der Waals surface area contributed by atoms with Crippen molar-refractivity contribution in [2.75, 3.05) is 29.6 Å². The van der Waals surface area contributed by atoms with Crippen LogP contribution >= 0.6 is 0 Å². The van der Waals surface area contributed by atoms with Crippen LogP contribution in [0.15, 0.2) is 42.5 Å². The van der Waals surface area contributed by atoms with Crippen LogP contribution in [0.1, 0.15) is 29.8 Å². The van der Waals surface area contributed by atoms with Crippen LogP contribution < -0.4 is 14.4 Å². The van der Waals surface area contributed by atoms with Gasteiger partial charge in [0.15, 0.2) is 0 Å². The molecule has 9 heteroatoms. The number of rotatable bonds is 8. The Hall–Kier alpha value is -3.07. The van der Waals surface area contributed by atoms with E-state index < -0.39 is 27.9 Å². The Kier molecular flexibility index (Phi) is 7.44. The summed E-state index contributed by atoms with van der Waals surface area (Å²) < 4.78 is 36.5. The van der Waals surface area contributed by atoms with E-state index in [1.165, 1.54) is 20.1 Å². The number of benzene rings is 2. The number of ether oxygens (including phenoxy) is 2. The number of para-hydroxylation sites is 1. The zero-order valence-corrected chi connectivity index (χ0v) is 18.4. The minimum Gasteiger partial charge on any atom is -0.495 e. The molecular weight excluding hydrogens is 408 g/mol. The van der Waals surface area contributed by atoms with Gasteiger partial charge in [-0.15, -0.1) is 0 Å². The highest BCUT2D eigenvalue weighted by atomic mass is 32.2. The van der Waals surface area contributed by atoms with Crippen molar-refractivity contribution in [1.29, 1.82) is 0 Å². The first-order chi connectivity index (χ1) is 14.1. The van der Waals surface area contributed by atoms with Crippen LogP contribution in [0.25, 0.3) is 0 Å². The predicted molar refractivity (Wildman–Crippen MR) is 116 cm³/mol. The molecule has 0 saturated carbocycles. The molecule has 1 N–H and O–H groups in total. The molecule has 0 heterocycles. The van der Waals surface area contributed by atoms with E-state index in [9.17, 15) is 18.0 Å². The van der Waals surface area contributed by atoms with Crippen molar-refractivity contribution >= 4 is 33.3 Å². The third-order valence-corrected chi connectivity index (χ3v) is 5.57. The Labute approximate surface area is 176 Å². The van der Waals surface area contributed by atoms with Crippen LogP contribution in [0.4, 0.5) is 11.4 Å². The lowest BCUT2D eigenvalue weighted by Gasteiger charge is -2.29. The minimum atomic E-state index is -3.84. The van der Waals surface area contributed by atoms with E-state index in [1.807, 2.05) is 6.92 Å². The molecule has 0 saturated heterocycles. The first-order valence-electron chi connectivity index (χ1n) is 9.31. The molecule has 0 fully saturated rings. The Morgan fingerprint density at radius 3 is 2.43 bits per heavy atom. The molecule has 0 radical (unpaired) electrons. The van der Waals surface area contributed by atoms with E-state index in [0.717, 1.165) is 16.1 Å². The Bertz CT molecular complexity index is 1040. The summed E-state index contributed by atoms with van der Waals surface area (Å²) in [7, 11) is -2.41. The van der Waals surface area contributed by atoms with Crippen LogP contribution in [0.2, 0.25) is 0 Å². The fourth-order valence-electron chi connectivity index (χ4n) is 2.97. The number of carbonyl (C=O) groups excluding carboxylic acids is 2. The summed E-state index contributed by atoms with van der Waals surface area (Å²) >= 11 is 0. The van der Waals surface area contributed by atoms with E-state index in [2.05, 4.69) is 5.32 Å². The highest BCUT2D eigenvalue weighted by Crippen LogP contribution is 2.33. The first kappa shape index (κ1) is 23.2. The number of sulfonamides is 1. The number of carbonyl (C=O) groups is 2. The van der Waals surface area contributed by atoms with Crippen LogP contribution in [-0.4, -0.2) is 46.3 Å². The van der Waals surface area contributed by atoms with E-state index in [0.29, 0.717) is 5.75 Å². The predicted octanol–water partition coefficient (Wildman–Crippen LogP) is 2.97. The standard InChI is InChI=1S/C21H26N2O6S/c1-6-29-21(25)16-9-7-8-10-17(16)22-20(24)15(3)23(30(5,26)27)18-13-14(2)11-12-19(18)28-4/h7-13,15H,6H2,1-5H3,(H,22,24)/t15-/m1/s1. The van der Waals surface area contributed by atoms with Crippen molar-refractivity contribution in [3.63, 3.8) is 0 Å². The molecule has 8 nitrogen and oxygen atoms in total. The highest BCUT2D eigenvalue weighted by molar-refractivity contribution is 7.92. The molecule has 0 aliphatic heterocycles. The Morgan fingerprint density at radius 2 is 1.83 bits per heavy atom. The summed E-state index contributed by atoms with van der Waals surface area (Å²) in [5.41, 5.74) is 1.47. The smallest absolute Gasteiger partial charge is 0.340 e. The van der Waals surface area contributed by atoms with E-state index >= 15 is 0 Å². The summed E-state index contributed by atoms with van der Waals surface area (Å²) in [5, 5.41) is 2.64. The van der Waals surface area contributed by atoms with Gasteiger partial charge in [-0.2, -0.15) is 0 Å². The number of nitrogens with zero attached hydrogens (tertiary/aromatic N) is 1. The zero-order chi connectivity index (χ0) is 22.5. The normalized spacial score (nSPS) is 12.0. The number of anilines is 2. The molecule has 30 heavy (non-hydrogen) atoms. The van der Waals surface area contributed by atoms with Crippen molar-refractivity contribution in [2.24, 2.45) is 0 Å². The van der Waals surface area contributed by atoms with Crippen molar-refractivity contribution in [3.8, 4) is 5.75 Å². The van der Waals surface area contributed by atoms with Crippen LogP contribution in [0.3, 0.4) is 0 Å². The number of esters is 1. The maximum absolute atomic E-state index is 13.0. The number of aryl methyl sites for hydroxylation is 1. The summed E-state index contributed by atoms with van der Waals surface area (Å²) in [6.07, 6.45) is 1.02. The van der Waals surface area contributed by atoms with Gasteiger partial charge in [0, 0.05) is 0 Å². The Morgan fingerprint density at radius 1 is 1.17 bits per heavy atom. The SMILES string of the molecule is CCOC(=O)c1ccccc1NC(=O)[C@@H](C)N(c1cc(C)ccc1OC)S(C)(=O)=O. The van der Waals surface area contributed by atoms with Crippen molar-refractivity contribution in [3.05, 3.63) is 53.6 Å². The topological polar surface area (TPSA) is 102 Å². The van der Waals surface area contributed by atoms with Crippen molar-refractivity contribution < 1.29 is 27.5 Å². The number of amides is 1. The minimum absolute atomic E-state index is 0.180. The van der Waals surface area contributed by atoms with Crippen LogP contribution in [0, 0.1) is 6.92 Å². The average Bonchev–Trinajstić information content (AvgIpc) is 2.67. The van der Waals surface area contributed by atoms with E-state index in [4.69, 9.17) is 9.47 Å². The molecule has 2 rings (SSSR count). The molecule has 0 spiro atoms. The van der Waals surface area contributed by atoms with Gasteiger partial charge in [-0.25, -0.2) is 13.2 Å². The highest BCUT2D eigenvalue weighted by Gasteiger charge is 2.32. The zero-order valence-electron chi connectivity index (χ0n) is 17.6. The lowest BCUT2D eigenvalue weighted by molar-refractivity contribution is -0.116. The van der Waals surface area contributed by atoms with Crippen LogP contribution in [0.5, 0.6) is 5.75 Å². The Balaban J connectivity index is 2.42. The summed E-state index contributed by atoms with van der Waals surface area (Å²) in [5.74, 6) is -0.875. The third kappa shape index (κ3) is 5.29. The van der Waals surface area contributed by atoms with Gasteiger partial charge in [-0.05, 0) is 50.6 Å². The van der Waals surface area contributed by atoms with Gasteiger partial charge in [-0.1, -0.05) is 18.2 Å². The second kappa shape index (κ2) is 9.62. The van der Waals surface area contributed by atoms with Gasteiger partial charge in [0.05, 0.1) is 36.9 Å². The first-order valence-corrected chi connectivity index (χ1v) is 11.2. The van der Waals surface area contributed by atoms with Gasteiger partial charge >= 0.3 is 5.97 Å². The maximum Gasteiger partial charge on any atom is 0.340 e. The third-order valence-electron chi connectivity index (χ3n) is 4.34. The summed E-state index contributed by atoms with van der Waals surface area (Å²) in [6.45, 7) is 5.14. The van der Waals surface area contributed by atoms with E-state index in [-0.39, 0.29) is 23.5 Å². The number of hydrogen-bond donors (Lipinski definition) is 1. The average molecular weight is 435 g/mol. The van der Waals surface area contributed by atoms with Gasteiger partial charge in [0.1, 0.15) is 11.8 Å². The second-order valence-corrected chi connectivity index (χ2v) is 8.52. The molecule has 0 aromatic heterocycles. The van der Waals surface area contributed by atoms with Crippen LogP contribution in [-0.2, 0) is 19.6 Å². The van der Waals surface area contributed by atoms with Gasteiger partial charge in [-0.3, -0.25) is 9.10 Å². The molecule has 0 aliphatic carbocycles. The van der Waals surface area contributed by atoms with Gasteiger partial charge in [0.25, 0.3) is 0 Å². The van der Waals surface area contributed by atoms with Crippen molar-refractivity contribution in [2.45, 2.75) is 26.8 Å². The number of methoxy groups -OCH3 is 1. The summed E-state index contributed by atoms with van der Waals surface area (Å²) in [4.78, 5) is 25.1. The molecule has 0 unspecified atom stereocenters. The lowest BCUT2D eigenvalue weighted by atomic mass is 10.1. The molecule has 1 amide bonds. The molecular formula is C21H26N2O6S. The number of nitrogens with one attached hydrogen (secondary N) is 1.